The Labute approximate surface area is 69.6 Å². The van der Waals surface area contributed by atoms with Gasteiger partial charge in [-0.05, 0) is 13.0 Å². The summed E-state index contributed by atoms with van der Waals surface area (Å²) < 4.78 is 4.66. The van der Waals surface area contributed by atoms with Gasteiger partial charge < -0.3 is 10.5 Å². The smallest absolute Gasteiger partial charge is 0.376 e. The van der Waals surface area contributed by atoms with Crippen LogP contribution in [0.5, 0.6) is 0 Å². The van der Waals surface area contributed by atoms with Crippen LogP contribution in [-0.2, 0) is 4.74 Å². The van der Waals surface area contributed by atoms with Gasteiger partial charge in [-0.1, -0.05) is 0 Å². The molecule has 5 nitrogen and oxygen atoms in total. The third kappa shape index (κ3) is 1.91. The van der Waals surface area contributed by atoms with Crippen molar-refractivity contribution in [1.82, 2.24) is 9.97 Å². The summed E-state index contributed by atoms with van der Waals surface area (Å²) >= 11 is 0. The predicted molar refractivity (Wildman–Crippen MR) is 42.4 cm³/mol. The highest BCUT2D eigenvalue weighted by molar-refractivity contribution is 5.85. The first-order chi connectivity index (χ1) is 5.74. The minimum absolute atomic E-state index is 0.00292. The number of ether oxygens (including phenoxy) is 1. The van der Waals surface area contributed by atoms with Crippen LogP contribution in [0, 0.1) is 0 Å². The van der Waals surface area contributed by atoms with E-state index in [1.54, 1.807) is 6.92 Å². The normalized spacial score (nSPS) is 9.42. The Balaban J connectivity index is 2.81. The molecule has 0 unspecified atom stereocenters. The van der Waals surface area contributed by atoms with Crippen molar-refractivity contribution in [2.75, 3.05) is 12.3 Å². The standard InChI is InChI=1S/C7H9N3O2/c1-2-12-7(11)6-9-4-3-5(8)10-6/h3-4H,2H2,1H3,(H2,8,9,10). The number of nitrogens with two attached hydrogens (primary N) is 1. The SMILES string of the molecule is CCOC(=O)c1nccc(N)n1. The van der Waals surface area contributed by atoms with E-state index in [1.165, 1.54) is 12.3 Å². The van der Waals surface area contributed by atoms with E-state index in [2.05, 4.69) is 14.7 Å². The maximum absolute atomic E-state index is 11.0. The lowest BCUT2D eigenvalue weighted by molar-refractivity contribution is 0.0512. The van der Waals surface area contributed by atoms with Crippen molar-refractivity contribution in [2.24, 2.45) is 0 Å². The van der Waals surface area contributed by atoms with Gasteiger partial charge in [-0.15, -0.1) is 0 Å². The number of hydrogen-bond donors (Lipinski definition) is 1. The molecule has 1 heterocycles. The maximum Gasteiger partial charge on any atom is 0.376 e. The Kier molecular flexibility index (Phi) is 2.57. The molecule has 0 bridgehead atoms. The second-order valence-corrected chi connectivity index (χ2v) is 2.03. The number of aromatic nitrogens is 2. The first-order valence-electron chi connectivity index (χ1n) is 3.49. The number of esters is 1. The average Bonchev–Trinajstić information content (AvgIpc) is 2.05. The average molecular weight is 167 g/mol. The molecule has 2 N–H and O–H groups in total. The van der Waals surface area contributed by atoms with E-state index in [0.717, 1.165) is 0 Å². The second kappa shape index (κ2) is 3.66. The fourth-order valence-electron chi connectivity index (χ4n) is 0.667. The molecule has 1 rings (SSSR count). The molecule has 0 aliphatic heterocycles. The van der Waals surface area contributed by atoms with E-state index in [9.17, 15) is 4.79 Å². The van der Waals surface area contributed by atoms with Crippen molar-refractivity contribution in [3.63, 3.8) is 0 Å². The van der Waals surface area contributed by atoms with Crippen LogP contribution in [0.4, 0.5) is 5.82 Å². The highest BCUT2D eigenvalue weighted by Crippen LogP contribution is 1.97. The molecular weight excluding hydrogens is 158 g/mol. The van der Waals surface area contributed by atoms with Crippen LogP contribution < -0.4 is 5.73 Å². The van der Waals surface area contributed by atoms with E-state index in [1.807, 2.05) is 0 Å². The van der Waals surface area contributed by atoms with Gasteiger partial charge in [-0.25, -0.2) is 14.8 Å². The zero-order valence-electron chi connectivity index (χ0n) is 6.65. The summed E-state index contributed by atoms with van der Waals surface area (Å²) in [7, 11) is 0. The van der Waals surface area contributed by atoms with Crippen molar-refractivity contribution in [3.8, 4) is 0 Å². The summed E-state index contributed by atoms with van der Waals surface area (Å²) in [4.78, 5) is 18.4. The van der Waals surface area contributed by atoms with Crippen LogP contribution in [-0.4, -0.2) is 22.5 Å². The van der Waals surface area contributed by atoms with Gasteiger partial charge in [0.2, 0.25) is 5.82 Å². The minimum atomic E-state index is -0.551. The van der Waals surface area contributed by atoms with Gasteiger partial charge in [-0.2, -0.15) is 0 Å². The molecule has 0 saturated heterocycles. The summed E-state index contributed by atoms with van der Waals surface area (Å²) in [6, 6.07) is 1.50. The van der Waals surface area contributed by atoms with E-state index >= 15 is 0 Å². The Morgan fingerprint density at radius 3 is 3.08 bits per heavy atom. The van der Waals surface area contributed by atoms with Crippen molar-refractivity contribution >= 4 is 11.8 Å². The van der Waals surface area contributed by atoms with Crippen molar-refractivity contribution in [3.05, 3.63) is 18.1 Å². The molecule has 0 aliphatic carbocycles. The van der Waals surface area contributed by atoms with Crippen LogP contribution in [0.1, 0.15) is 17.5 Å². The molecule has 0 atom stereocenters. The highest BCUT2D eigenvalue weighted by Gasteiger charge is 2.08. The van der Waals surface area contributed by atoms with Gasteiger partial charge in [0, 0.05) is 6.20 Å². The van der Waals surface area contributed by atoms with Crippen LogP contribution in [0.25, 0.3) is 0 Å². The van der Waals surface area contributed by atoms with Gasteiger partial charge in [0.05, 0.1) is 6.61 Å². The molecule has 1 aromatic heterocycles. The van der Waals surface area contributed by atoms with Gasteiger partial charge in [0.15, 0.2) is 0 Å². The van der Waals surface area contributed by atoms with E-state index in [4.69, 9.17) is 5.73 Å². The van der Waals surface area contributed by atoms with Gasteiger partial charge in [0.25, 0.3) is 0 Å². The summed E-state index contributed by atoms with van der Waals surface area (Å²) in [5.41, 5.74) is 5.33. The lowest BCUT2D eigenvalue weighted by Gasteiger charge is -1.99. The fraction of sp³-hybridized carbons (Fsp3) is 0.286. The Bertz CT molecular complexity index is 288. The van der Waals surface area contributed by atoms with Crippen LogP contribution in [0.15, 0.2) is 12.3 Å². The summed E-state index contributed by atoms with van der Waals surface area (Å²) in [5, 5.41) is 0. The molecular formula is C7H9N3O2. The lowest BCUT2D eigenvalue weighted by Crippen LogP contribution is -2.10. The van der Waals surface area contributed by atoms with Crippen LogP contribution >= 0.6 is 0 Å². The molecule has 0 radical (unpaired) electrons. The number of nitrogens with zero attached hydrogens (tertiary/aromatic N) is 2. The lowest BCUT2D eigenvalue weighted by atomic mass is 10.5. The molecule has 0 amide bonds. The summed E-state index contributed by atoms with van der Waals surface area (Å²) in [6.45, 7) is 2.02. The zero-order valence-corrected chi connectivity index (χ0v) is 6.65. The third-order valence-electron chi connectivity index (χ3n) is 1.14. The van der Waals surface area contributed by atoms with E-state index < -0.39 is 5.97 Å². The van der Waals surface area contributed by atoms with Crippen molar-refractivity contribution in [2.45, 2.75) is 6.92 Å². The fourth-order valence-corrected chi connectivity index (χ4v) is 0.667. The van der Waals surface area contributed by atoms with Crippen LogP contribution in [0.2, 0.25) is 0 Å². The molecule has 64 valence electrons. The molecule has 1 aromatic rings. The van der Waals surface area contributed by atoms with Crippen molar-refractivity contribution < 1.29 is 9.53 Å². The van der Waals surface area contributed by atoms with Crippen molar-refractivity contribution in [1.29, 1.82) is 0 Å². The molecule has 5 heteroatoms. The van der Waals surface area contributed by atoms with E-state index in [-0.39, 0.29) is 11.6 Å². The Morgan fingerprint density at radius 2 is 2.50 bits per heavy atom. The topological polar surface area (TPSA) is 78.1 Å². The third-order valence-corrected chi connectivity index (χ3v) is 1.14. The number of carbonyl (C=O) groups is 1. The number of nitrogen functional groups attached to an aromatic ring is 1. The number of carbonyl (C=O) groups excluding carboxylic acids is 1. The first-order valence-corrected chi connectivity index (χ1v) is 3.49. The number of rotatable bonds is 2. The molecule has 0 aromatic carbocycles. The quantitative estimate of drug-likeness (QED) is 0.638. The first kappa shape index (κ1) is 8.45. The highest BCUT2D eigenvalue weighted by atomic mass is 16.5. The second-order valence-electron chi connectivity index (χ2n) is 2.03. The molecule has 12 heavy (non-hydrogen) atoms. The predicted octanol–water partition coefficient (Wildman–Crippen LogP) is 0.236. The number of anilines is 1. The molecule has 0 aliphatic rings. The Hall–Kier alpha value is -1.65. The monoisotopic (exact) mass is 167 g/mol. The summed E-state index contributed by atoms with van der Waals surface area (Å²) in [5.74, 6) is -0.297. The maximum atomic E-state index is 11.0. The van der Waals surface area contributed by atoms with E-state index in [0.29, 0.717) is 6.61 Å². The van der Waals surface area contributed by atoms with Gasteiger partial charge in [-0.3, -0.25) is 0 Å². The van der Waals surface area contributed by atoms with Gasteiger partial charge in [0.1, 0.15) is 5.82 Å². The largest absolute Gasteiger partial charge is 0.460 e. The molecule has 0 spiro atoms. The zero-order chi connectivity index (χ0) is 8.97. The minimum Gasteiger partial charge on any atom is -0.460 e. The molecule has 0 fully saturated rings. The summed E-state index contributed by atoms with van der Waals surface area (Å²) in [6.07, 6.45) is 1.41. The van der Waals surface area contributed by atoms with Gasteiger partial charge >= 0.3 is 5.97 Å². The number of hydrogen-bond acceptors (Lipinski definition) is 5. The van der Waals surface area contributed by atoms with Crippen LogP contribution in [0.3, 0.4) is 0 Å². The molecule has 0 saturated carbocycles. The Morgan fingerprint density at radius 1 is 1.75 bits per heavy atom.